The van der Waals surface area contributed by atoms with Crippen LogP contribution in [0.5, 0.6) is 0 Å². The summed E-state index contributed by atoms with van der Waals surface area (Å²) in [4.78, 5) is 52.3. The van der Waals surface area contributed by atoms with Crippen molar-refractivity contribution in [1.82, 2.24) is 9.47 Å². The molecule has 5 saturated heterocycles. The van der Waals surface area contributed by atoms with Crippen LogP contribution in [0, 0.1) is 29.6 Å². The number of hydrogen-bond donors (Lipinski definition) is 0. The number of ether oxygens (including phenoxy) is 3. The van der Waals surface area contributed by atoms with E-state index in [2.05, 4.69) is 6.92 Å². The van der Waals surface area contributed by atoms with Gasteiger partial charge < -0.3 is 23.7 Å². The van der Waals surface area contributed by atoms with Gasteiger partial charge in [-0.15, -0.1) is 0 Å². The van der Waals surface area contributed by atoms with Gasteiger partial charge in [-0.05, 0) is 56.4 Å². The highest BCUT2D eigenvalue weighted by atomic mass is 17.3. The van der Waals surface area contributed by atoms with E-state index in [0.717, 1.165) is 37.8 Å². The van der Waals surface area contributed by atoms with Crippen LogP contribution in [0.4, 0.5) is 0 Å². The number of fused-ring (bicyclic) bond motifs is 6. The predicted molar refractivity (Wildman–Crippen MR) is 140 cm³/mol. The number of carbonyl (C=O) groups is 2. The SMILES string of the molecule is C[C@H]1[C@H](OC(=O)CCC(=O)N2C[C@@H]3C[C@@H](C2)c2cccc(=O)n2C3)O[C@@H]2O[C@]3(C)CC[C@H]4[C@H](C)CC[C@H]1[C@@]24OO3. The van der Waals surface area contributed by atoms with Crippen LogP contribution in [-0.4, -0.2) is 58.4 Å². The molecule has 0 aromatic carbocycles. The minimum atomic E-state index is -0.889. The Bertz CT molecular complexity index is 1250. The van der Waals surface area contributed by atoms with E-state index in [-0.39, 0.29) is 53.9 Å². The molecule has 10 atom stereocenters. The van der Waals surface area contributed by atoms with Crippen molar-refractivity contribution in [2.45, 2.75) is 102 Å². The van der Waals surface area contributed by atoms with Crippen LogP contribution in [0.1, 0.15) is 77.3 Å². The number of hydrogen-bond acceptors (Lipinski definition) is 8. The van der Waals surface area contributed by atoms with Gasteiger partial charge in [0.25, 0.3) is 5.56 Å². The molecule has 4 bridgehead atoms. The first-order valence-corrected chi connectivity index (χ1v) is 15.0. The van der Waals surface area contributed by atoms with Gasteiger partial charge >= 0.3 is 5.97 Å². The van der Waals surface area contributed by atoms with Gasteiger partial charge in [0.15, 0.2) is 11.9 Å². The van der Waals surface area contributed by atoms with E-state index in [1.165, 1.54) is 0 Å². The predicted octanol–water partition coefficient (Wildman–Crippen LogP) is 3.33. The fourth-order valence-electron chi connectivity index (χ4n) is 8.66. The summed E-state index contributed by atoms with van der Waals surface area (Å²) in [6.07, 6.45) is 3.26. The van der Waals surface area contributed by atoms with Gasteiger partial charge in [-0.2, -0.15) is 0 Å². The van der Waals surface area contributed by atoms with Gasteiger partial charge in [-0.25, -0.2) is 9.78 Å². The highest BCUT2D eigenvalue weighted by molar-refractivity contribution is 5.81. The number of aromatic nitrogens is 1. The molecule has 6 fully saturated rings. The molecule has 10 nitrogen and oxygen atoms in total. The topological polar surface area (TPSA) is 106 Å². The molecule has 0 N–H and O–H groups in total. The molecule has 1 saturated carbocycles. The quantitative estimate of drug-likeness (QED) is 0.411. The van der Waals surface area contributed by atoms with Crippen molar-refractivity contribution in [2.24, 2.45) is 29.6 Å². The Labute approximate surface area is 234 Å². The third-order valence-electron chi connectivity index (χ3n) is 10.7. The molecule has 10 heteroatoms. The zero-order chi connectivity index (χ0) is 27.8. The second-order valence-electron chi connectivity index (χ2n) is 13.3. The molecule has 1 aliphatic carbocycles. The average Bonchev–Trinajstić information content (AvgIpc) is 3.16. The normalized spacial score (nSPS) is 43.3. The number of esters is 1. The Morgan fingerprint density at radius 2 is 1.90 bits per heavy atom. The van der Waals surface area contributed by atoms with E-state index in [0.29, 0.717) is 25.6 Å². The molecule has 0 radical (unpaired) electrons. The lowest BCUT2D eigenvalue weighted by molar-refractivity contribution is -0.576. The maximum absolute atomic E-state index is 13.2. The minimum Gasteiger partial charge on any atom is -0.435 e. The van der Waals surface area contributed by atoms with E-state index >= 15 is 0 Å². The van der Waals surface area contributed by atoms with Gasteiger partial charge in [0.2, 0.25) is 18.0 Å². The van der Waals surface area contributed by atoms with E-state index in [1.807, 2.05) is 29.4 Å². The number of carbonyl (C=O) groups excluding carboxylic acids is 2. The second-order valence-corrected chi connectivity index (χ2v) is 13.3. The number of amides is 1. The first-order valence-electron chi connectivity index (χ1n) is 15.0. The van der Waals surface area contributed by atoms with Crippen LogP contribution >= 0.6 is 0 Å². The summed E-state index contributed by atoms with van der Waals surface area (Å²) in [6.45, 7) is 7.99. The Morgan fingerprint density at radius 3 is 2.75 bits per heavy atom. The van der Waals surface area contributed by atoms with Gasteiger partial charge in [0.1, 0.15) is 0 Å². The van der Waals surface area contributed by atoms with Crippen molar-refractivity contribution < 1.29 is 33.6 Å². The van der Waals surface area contributed by atoms with Crippen molar-refractivity contribution in [3.05, 3.63) is 34.2 Å². The Kier molecular flexibility index (Phi) is 6.42. The van der Waals surface area contributed by atoms with E-state index in [4.69, 9.17) is 24.0 Å². The molecular weight excluding hydrogens is 516 g/mol. The molecule has 40 heavy (non-hydrogen) atoms. The van der Waals surface area contributed by atoms with Crippen LogP contribution in [0.3, 0.4) is 0 Å². The number of rotatable bonds is 4. The van der Waals surface area contributed by atoms with Crippen LogP contribution < -0.4 is 5.56 Å². The Balaban J connectivity index is 0.990. The Morgan fingerprint density at radius 1 is 1.05 bits per heavy atom. The van der Waals surface area contributed by atoms with E-state index in [1.54, 1.807) is 12.1 Å². The summed E-state index contributed by atoms with van der Waals surface area (Å²) in [5.74, 6) is -0.339. The summed E-state index contributed by atoms with van der Waals surface area (Å²) < 4.78 is 20.4. The van der Waals surface area contributed by atoms with Crippen LogP contribution in [-0.2, 0) is 40.1 Å². The Hall–Kier alpha value is -2.27. The lowest BCUT2D eigenvalue weighted by Gasteiger charge is -2.59. The fourth-order valence-corrected chi connectivity index (χ4v) is 8.66. The zero-order valence-corrected chi connectivity index (χ0v) is 23.6. The standard InChI is InChI=1S/C30H40N2O8/c1-17-7-8-22-18(2)27(37-28-30(22)21(17)11-12-29(3,38-28)39-40-30)36-26(35)10-9-24(33)31-14-19-13-20(16-31)23-5-4-6-25(34)32(23)15-19/h4-6,17-22,27-28H,7-16H2,1-3H3/t17-,18-,19+,20+,21+,22-,27-,28-,29+,30-/m1/s1. The molecule has 1 spiro atoms. The third kappa shape index (κ3) is 4.16. The number of piperidine rings is 1. The molecule has 7 heterocycles. The van der Waals surface area contributed by atoms with Crippen LogP contribution in [0.15, 0.2) is 23.0 Å². The lowest BCUT2D eigenvalue weighted by Crippen LogP contribution is -2.70. The monoisotopic (exact) mass is 556 g/mol. The van der Waals surface area contributed by atoms with Crippen LogP contribution in [0.25, 0.3) is 0 Å². The van der Waals surface area contributed by atoms with Crippen molar-refractivity contribution in [2.75, 3.05) is 13.1 Å². The highest BCUT2D eigenvalue weighted by Gasteiger charge is 2.69. The smallest absolute Gasteiger partial charge is 0.308 e. The maximum atomic E-state index is 13.2. The molecule has 6 aliphatic heterocycles. The molecule has 1 aromatic heterocycles. The third-order valence-corrected chi connectivity index (χ3v) is 10.7. The van der Waals surface area contributed by atoms with E-state index in [9.17, 15) is 14.4 Å². The minimum absolute atomic E-state index is 0.00832. The lowest BCUT2D eigenvalue weighted by atomic mass is 9.58. The van der Waals surface area contributed by atoms with Gasteiger partial charge in [0, 0.05) is 62.0 Å². The number of likely N-dealkylation sites (tertiary alicyclic amines) is 1. The maximum Gasteiger partial charge on any atom is 0.308 e. The van der Waals surface area contributed by atoms with Crippen molar-refractivity contribution in [3.63, 3.8) is 0 Å². The fraction of sp³-hybridized carbons (Fsp3) is 0.767. The molecule has 0 unspecified atom stereocenters. The average molecular weight is 557 g/mol. The molecule has 1 amide bonds. The second kappa shape index (κ2) is 9.64. The van der Waals surface area contributed by atoms with Crippen molar-refractivity contribution in [3.8, 4) is 0 Å². The van der Waals surface area contributed by atoms with Crippen molar-refractivity contribution in [1.29, 1.82) is 0 Å². The van der Waals surface area contributed by atoms with Gasteiger partial charge in [-0.1, -0.05) is 19.9 Å². The summed E-state index contributed by atoms with van der Waals surface area (Å²) in [5.41, 5.74) is 0.314. The molecular formula is C30H40N2O8. The van der Waals surface area contributed by atoms with Crippen LogP contribution in [0.2, 0.25) is 0 Å². The van der Waals surface area contributed by atoms with E-state index < -0.39 is 29.9 Å². The van der Waals surface area contributed by atoms with Gasteiger partial charge in [0.05, 0.1) is 6.42 Å². The molecule has 218 valence electrons. The summed E-state index contributed by atoms with van der Waals surface area (Å²) >= 11 is 0. The first-order chi connectivity index (χ1) is 19.2. The van der Waals surface area contributed by atoms with Crippen molar-refractivity contribution >= 4 is 11.9 Å². The molecule has 8 rings (SSSR count). The summed E-state index contributed by atoms with van der Waals surface area (Å²) in [5, 5.41) is 0. The largest absolute Gasteiger partial charge is 0.435 e. The number of nitrogens with zero attached hydrogens (tertiary/aromatic N) is 2. The zero-order valence-electron chi connectivity index (χ0n) is 23.6. The first kappa shape index (κ1) is 26.6. The summed E-state index contributed by atoms with van der Waals surface area (Å²) in [7, 11) is 0. The van der Waals surface area contributed by atoms with Gasteiger partial charge in [-0.3, -0.25) is 14.4 Å². The summed E-state index contributed by atoms with van der Waals surface area (Å²) in [6, 6.07) is 5.37. The molecule has 7 aliphatic rings. The molecule has 1 aromatic rings. The highest BCUT2D eigenvalue weighted by Crippen LogP contribution is 2.60. The number of pyridine rings is 1.